The van der Waals surface area contributed by atoms with Gasteiger partial charge in [0.15, 0.2) is 0 Å². The van der Waals surface area contributed by atoms with Gasteiger partial charge in [-0.15, -0.1) is 0 Å². The molecule has 0 aromatic heterocycles. The summed E-state index contributed by atoms with van der Waals surface area (Å²) >= 11 is 0. The fourth-order valence-electron chi connectivity index (χ4n) is 6.01. The van der Waals surface area contributed by atoms with Crippen molar-refractivity contribution in [2.75, 3.05) is 6.61 Å². The highest BCUT2D eigenvalue weighted by Gasteiger charge is 2.19. The predicted octanol–water partition coefficient (Wildman–Crippen LogP) is 8.94. The second-order valence-electron chi connectivity index (χ2n) is 14.2. The molecule has 0 atom stereocenters. The van der Waals surface area contributed by atoms with E-state index in [9.17, 15) is 34.2 Å². The Kier molecular flexibility index (Phi) is 23.7. The lowest BCUT2D eigenvalue weighted by atomic mass is 9.96. The molecule has 4 aromatic rings. The largest absolute Gasteiger partial charge is 0.481 e. The zero-order valence-corrected chi connectivity index (χ0v) is 33.8. The molecule has 59 heavy (non-hydrogen) atoms. The average molecular weight is 811 g/mol. The lowest BCUT2D eigenvalue weighted by Crippen LogP contribution is -2.15. The molecule has 0 bridgehead atoms. The highest BCUT2D eigenvalue weighted by atomic mass is 16.5. The summed E-state index contributed by atoms with van der Waals surface area (Å²) in [4.78, 5) is 58.8. The molecule has 11 nitrogen and oxygen atoms in total. The maximum atomic E-state index is 11.8. The van der Waals surface area contributed by atoms with Crippen molar-refractivity contribution in [3.8, 4) is 0 Å². The number of carboxylic acids is 1. The van der Waals surface area contributed by atoms with Crippen LogP contribution in [0, 0.1) is 11.8 Å². The van der Waals surface area contributed by atoms with E-state index in [1.54, 1.807) is 0 Å². The molecule has 4 aromatic carbocycles. The van der Waals surface area contributed by atoms with Gasteiger partial charge in [-0.05, 0) is 79.5 Å². The fourth-order valence-corrected chi connectivity index (χ4v) is 6.01. The van der Waals surface area contributed by atoms with Gasteiger partial charge in [-0.3, -0.25) is 24.0 Å². The minimum atomic E-state index is -0.912. The number of benzene rings is 4. The number of aliphatic hydroxyl groups is 1. The van der Waals surface area contributed by atoms with Crippen LogP contribution in [-0.4, -0.2) is 46.7 Å². The van der Waals surface area contributed by atoms with Crippen LogP contribution in [0.5, 0.6) is 0 Å². The van der Waals surface area contributed by atoms with Gasteiger partial charge in [-0.1, -0.05) is 121 Å². The molecule has 0 aliphatic heterocycles. The highest BCUT2D eigenvalue weighted by Crippen LogP contribution is 2.19. The minimum Gasteiger partial charge on any atom is -0.481 e. The van der Waals surface area contributed by atoms with E-state index in [2.05, 4.69) is 0 Å². The van der Waals surface area contributed by atoms with Crippen LogP contribution in [0.1, 0.15) is 99.3 Å². The molecule has 0 aliphatic carbocycles. The molecule has 0 unspecified atom stereocenters. The van der Waals surface area contributed by atoms with E-state index in [-0.39, 0.29) is 75.7 Å². The van der Waals surface area contributed by atoms with Gasteiger partial charge < -0.3 is 29.2 Å². The number of aliphatic hydroxyl groups excluding tert-OH is 1. The molecule has 0 saturated carbocycles. The SMILES string of the molecule is O=C(CCCC(CCCC(=O)OCc1ccccc1)C(=O)O)OCc1ccccc1.O=C(CCCC(CO)CCCC(=O)OCc1ccccc1)OCc1ccccc1. The third-order valence-electron chi connectivity index (χ3n) is 9.43. The lowest BCUT2D eigenvalue weighted by Gasteiger charge is -2.13. The molecular formula is C48H58O11. The first kappa shape index (κ1) is 47.6. The van der Waals surface area contributed by atoms with Crippen LogP contribution in [0.25, 0.3) is 0 Å². The van der Waals surface area contributed by atoms with Crippen LogP contribution in [0.3, 0.4) is 0 Å². The second kappa shape index (κ2) is 29.4. The monoisotopic (exact) mass is 810 g/mol. The minimum absolute atomic E-state index is 0.0537. The van der Waals surface area contributed by atoms with E-state index in [4.69, 9.17) is 18.9 Å². The Morgan fingerprint density at radius 1 is 0.407 bits per heavy atom. The first-order valence-electron chi connectivity index (χ1n) is 20.3. The van der Waals surface area contributed by atoms with Crippen LogP contribution in [0.15, 0.2) is 121 Å². The van der Waals surface area contributed by atoms with E-state index in [1.165, 1.54) is 0 Å². The van der Waals surface area contributed by atoms with Crippen LogP contribution in [-0.2, 0) is 69.3 Å². The van der Waals surface area contributed by atoms with E-state index in [1.807, 2.05) is 121 Å². The Morgan fingerprint density at radius 2 is 0.661 bits per heavy atom. The molecule has 2 N–H and O–H groups in total. The molecule has 11 heteroatoms. The first-order chi connectivity index (χ1) is 28.7. The van der Waals surface area contributed by atoms with Crippen LogP contribution in [0.4, 0.5) is 0 Å². The maximum absolute atomic E-state index is 11.8. The number of hydrogen-bond donors (Lipinski definition) is 2. The van der Waals surface area contributed by atoms with Gasteiger partial charge in [0.1, 0.15) is 26.4 Å². The summed E-state index contributed by atoms with van der Waals surface area (Å²) in [5.74, 6) is -2.55. The van der Waals surface area contributed by atoms with E-state index in [0.717, 1.165) is 35.1 Å². The predicted molar refractivity (Wildman–Crippen MR) is 222 cm³/mol. The van der Waals surface area contributed by atoms with Crippen molar-refractivity contribution in [1.82, 2.24) is 0 Å². The van der Waals surface area contributed by atoms with Crippen molar-refractivity contribution in [3.63, 3.8) is 0 Å². The van der Waals surface area contributed by atoms with E-state index >= 15 is 0 Å². The standard InChI is InChI=1S/C24H28O6.C24H30O5/c25-22(29-17-19-9-3-1-4-10-19)15-7-13-21(24(27)28)14-8-16-23(26)30-18-20-11-5-2-6-12-20;25-17-20(13-7-15-23(26)28-18-21-9-3-1-4-10-21)14-8-16-24(27)29-19-22-11-5-2-6-12-22/h1-6,9-12,21H,7-8,13-18H2,(H,27,28);1-6,9-12,20,25H,7-8,13-19H2. The average Bonchev–Trinajstić information content (AvgIpc) is 3.26. The van der Waals surface area contributed by atoms with Crippen LogP contribution < -0.4 is 0 Å². The number of rotatable bonds is 26. The fraction of sp³-hybridized carbons (Fsp3) is 0.396. The van der Waals surface area contributed by atoms with Gasteiger partial charge in [0.05, 0.1) is 5.92 Å². The molecule has 0 saturated heterocycles. The summed E-state index contributed by atoms with van der Waals surface area (Å²) in [7, 11) is 0. The quantitative estimate of drug-likeness (QED) is 0.0460. The first-order valence-corrected chi connectivity index (χ1v) is 20.3. The number of ether oxygens (including phenoxy) is 4. The summed E-state index contributed by atoms with van der Waals surface area (Å²) in [5, 5.41) is 18.9. The summed E-state index contributed by atoms with van der Waals surface area (Å²) in [6.07, 6.45) is 5.42. The Hall–Kier alpha value is -5.81. The zero-order chi connectivity index (χ0) is 42.3. The topological polar surface area (TPSA) is 163 Å². The number of esters is 4. The Labute approximate surface area is 347 Å². The summed E-state index contributed by atoms with van der Waals surface area (Å²) < 4.78 is 20.9. The smallest absolute Gasteiger partial charge is 0.306 e. The molecule has 0 radical (unpaired) electrons. The van der Waals surface area contributed by atoms with E-state index in [0.29, 0.717) is 51.4 Å². The van der Waals surface area contributed by atoms with Crippen LogP contribution in [0.2, 0.25) is 0 Å². The van der Waals surface area contributed by atoms with Crippen LogP contribution >= 0.6 is 0 Å². The number of aliphatic carboxylic acids is 1. The lowest BCUT2D eigenvalue weighted by molar-refractivity contribution is -0.147. The van der Waals surface area contributed by atoms with Gasteiger partial charge in [-0.25, -0.2) is 0 Å². The normalized spacial score (nSPS) is 10.6. The third-order valence-corrected chi connectivity index (χ3v) is 9.43. The Balaban J connectivity index is 0.000000316. The van der Waals surface area contributed by atoms with Gasteiger partial charge in [0.2, 0.25) is 0 Å². The number of carbonyl (C=O) groups is 5. The van der Waals surface area contributed by atoms with Gasteiger partial charge in [-0.2, -0.15) is 0 Å². The number of carboxylic acid groups (broad SMARTS) is 1. The molecule has 0 heterocycles. The Morgan fingerprint density at radius 3 is 0.898 bits per heavy atom. The second-order valence-corrected chi connectivity index (χ2v) is 14.2. The Bertz CT molecular complexity index is 1640. The third kappa shape index (κ3) is 22.6. The maximum Gasteiger partial charge on any atom is 0.306 e. The molecule has 0 fully saturated rings. The number of carbonyl (C=O) groups excluding carboxylic acids is 4. The molecule has 0 spiro atoms. The molecule has 0 aliphatic rings. The van der Waals surface area contributed by atoms with Crippen molar-refractivity contribution < 1.29 is 53.1 Å². The summed E-state index contributed by atoms with van der Waals surface area (Å²) in [6.45, 7) is 1.06. The highest BCUT2D eigenvalue weighted by molar-refractivity contribution is 5.72. The molecule has 316 valence electrons. The van der Waals surface area contributed by atoms with Gasteiger partial charge >= 0.3 is 29.8 Å². The van der Waals surface area contributed by atoms with Crippen molar-refractivity contribution in [1.29, 1.82) is 0 Å². The molecule has 4 rings (SSSR count). The zero-order valence-electron chi connectivity index (χ0n) is 33.8. The van der Waals surface area contributed by atoms with Crippen molar-refractivity contribution >= 4 is 29.8 Å². The van der Waals surface area contributed by atoms with E-state index < -0.39 is 11.9 Å². The van der Waals surface area contributed by atoms with Crippen molar-refractivity contribution in [3.05, 3.63) is 144 Å². The summed E-state index contributed by atoms with van der Waals surface area (Å²) in [6, 6.07) is 37.9. The van der Waals surface area contributed by atoms with Crippen molar-refractivity contribution in [2.24, 2.45) is 11.8 Å². The molecule has 0 amide bonds. The summed E-state index contributed by atoms with van der Waals surface area (Å²) in [5.41, 5.74) is 3.75. The van der Waals surface area contributed by atoms with Crippen molar-refractivity contribution in [2.45, 2.75) is 103 Å². The van der Waals surface area contributed by atoms with Gasteiger partial charge in [0.25, 0.3) is 0 Å². The van der Waals surface area contributed by atoms with Gasteiger partial charge in [0, 0.05) is 32.3 Å². The molecular weight excluding hydrogens is 753 g/mol. The number of hydrogen-bond acceptors (Lipinski definition) is 10.